The average Bonchev–Trinajstić information content (AvgIpc) is 2.37. The van der Waals surface area contributed by atoms with E-state index < -0.39 is 26.5 Å². The van der Waals surface area contributed by atoms with Crippen LogP contribution in [0.5, 0.6) is 0 Å². The molecule has 0 aromatic heterocycles. The van der Waals surface area contributed by atoms with Crippen LogP contribution >= 0.6 is 0 Å². The molecule has 0 saturated heterocycles. The lowest BCUT2D eigenvalue weighted by molar-refractivity contribution is -0.122. The van der Waals surface area contributed by atoms with Crippen LogP contribution in [0.4, 0.5) is 5.69 Å². The second-order valence-electron chi connectivity index (χ2n) is 5.48. The highest BCUT2D eigenvalue weighted by molar-refractivity contribution is 7.92. The van der Waals surface area contributed by atoms with E-state index in [2.05, 4.69) is 5.32 Å². The monoisotopic (exact) mass is 298 g/mol. The van der Waals surface area contributed by atoms with Gasteiger partial charge in [0.2, 0.25) is 5.91 Å². The predicted octanol–water partition coefficient (Wildman–Crippen LogP) is 1.74. The Balaban J connectivity index is 2.98. The molecular weight excluding hydrogens is 276 g/mol. The molecule has 1 amide bonds. The third kappa shape index (κ3) is 3.72. The molecule has 5 nitrogen and oxygen atoms in total. The van der Waals surface area contributed by atoms with Crippen LogP contribution in [-0.4, -0.2) is 25.1 Å². The lowest BCUT2D eigenvalue weighted by Crippen LogP contribution is -2.48. The highest BCUT2D eigenvalue weighted by atomic mass is 32.2. The van der Waals surface area contributed by atoms with Crippen LogP contribution in [0.2, 0.25) is 0 Å². The third-order valence-corrected chi connectivity index (χ3v) is 5.46. The van der Waals surface area contributed by atoms with Crippen LogP contribution < -0.4 is 11.1 Å². The molecule has 0 heterocycles. The molecular formula is C14H22N2O3S. The van der Waals surface area contributed by atoms with Gasteiger partial charge in [-0.2, -0.15) is 0 Å². The summed E-state index contributed by atoms with van der Waals surface area (Å²) in [6.07, 6.45) is 0.716. The van der Waals surface area contributed by atoms with E-state index in [9.17, 15) is 13.2 Å². The Hall–Kier alpha value is -1.56. The average molecular weight is 298 g/mol. The predicted molar refractivity (Wildman–Crippen MR) is 80.0 cm³/mol. The van der Waals surface area contributed by atoms with Crippen LogP contribution in [0.3, 0.4) is 0 Å². The SMILES string of the molecule is CCC(C)(C)NC(=O)C(C)S(=O)(=O)c1ccc(N)cc1. The number of carbonyl (C=O) groups excluding carboxylic acids is 1. The Morgan fingerprint density at radius 2 is 1.80 bits per heavy atom. The summed E-state index contributed by atoms with van der Waals surface area (Å²) >= 11 is 0. The summed E-state index contributed by atoms with van der Waals surface area (Å²) in [5.41, 5.74) is 5.58. The molecule has 3 N–H and O–H groups in total. The van der Waals surface area contributed by atoms with Gasteiger partial charge in [0.25, 0.3) is 0 Å². The number of rotatable bonds is 5. The van der Waals surface area contributed by atoms with E-state index >= 15 is 0 Å². The zero-order valence-corrected chi connectivity index (χ0v) is 13.1. The summed E-state index contributed by atoms with van der Waals surface area (Å²) in [5, 5.41) is 1.61. The lowest BCUT2D eigenvalue weighted by atomic mass is 10.0. The normalized spacial score (nSPS) is 13.8. The molecule has 0 fully saturated rings. The highest BCUT2D eigenvalue weighted by Crippen LogP contribution is 2.18. The van der Waals surface area contributed by atoms with E-state index in [1.165, 1.54) is 31.2 Å². The largest absolute Gasteiger partial charge is 0.399 e. The van der Waals surface area contributed by atoms with Gasteiger partial charge in [0.1, 0.15) is 5.25 Å². The summed E-state index contributed by atoms with van der Waals surface area (Å²) < 4.78 is 24.7. The molecule has 6 heteroatoms. The van der Waals surface area contributed by atoms with Gasteiger partial charge < -0.3 is 11.1 Å². The smallest absolute Gasteiger partial charge is 0.238 e. The standard InChI is InChI=1S/C14H22N2O3S/c1-5-14(3,4)16-13(17)10(2)20(18,19)12-8-6-11(15)7-9-12/h6-10H,5,15H2,1-4H3,(H,16,17). The fraction of sp³-hybridized carbons (Fsp3) is 0.500. The summed E-state index contributed by atoms with van der Waals surface area (Å²) in [7, 11) is -3.70. The first-order valence-corrected chi connectivity index (χ1v) is 8.06. The Bertz CT molecular complexity index is 577. The van der Waals surface area contributed by atoms with Crippen LogP contribution in [0.25, 0.3) is 0 Å². The van der Waals surface area contributed by atoms with Crippen molar-refractivity contribution in [3.05, 3.63) is 24.3 Å². The van der Waals surface area contributed by atoms with Crippen LogP contribution in [-0.2, 0) is 14.6 Å². The summed E-state index contributed by atoms with van der Waals surface area (Å²) in [4.78, 5) is 12.2. The fourth-order valence-electron chi connectivity index (χ4n) is 1.53. The van der Waals surface area contributed by atoms with E-state index in [4.69, 9.17) is 5.73 Å². The Kier molecular flexibility index (Phi) is 4.81. The van der Waals surface area contributed by atoms with Crippen molar-refractivity contribution >= 4 is 21.4 Å². The van der Waals surface area contributed by atoms with Crippen LogP contribution in [0.1, 0.15) is 34.1 Å². The number of carbonyl (C=O) groups is 1. The van der Waals surface area contributed by atoms with Gasteiger partial charge in [0.15, 0.2) is 9.84 Å². The van der Waals surface area contributed by atoms with Gasteiger partial charge in [-0.3, -0.25) is 4.79 Å². The van der Waals surface area contributed by atoms with Gasteiger partial charge in [-0.1, -0.05) is 6.92 Å². The molecule has 1 aromatic rings. The second-order valence-corrected chi connectivity index (χ2v) is 7.75. The van der Waals surface area contributed by atoms with Gasteiger partial charge in [-0.05, 0) is 51.5 Å². The molecule has 1 atom stereocenters. The van der Waals surface area contributed by atoms with E-state index in [1.807, 2.05) is 20.8 Å². The quantitative estimate of drug-likeness (QED) is 0.810. The van der Waals surface area contributed by atoms with E-state index in [0.29, 0.717) is 12.1 Å². The van der Waals surface area contributed by atoms with E-state index in [1.54, 1.807) is 0 Å². The number of anilines is 1. The van der Waals surface area contributed by atoms with Crippen molar-refractivity contribution in [2.75, 3.05) is 5.73 Å². The van der Waals surface area contributed by atoms with Crippen LogP contribution in [0, 0.1) is 0 Å². The van der Waals surface area contributed by atoms with Crippen molar-refractivity contribution < 1.29 is 13.2 Å². The van der Waals surface area contributed by atoms with Crippen molar-refractivity contribution in [3.8, 4) is 0 Å². The topological polar surface area (TPSA) is 89.3 Å². The number of nitrogens with two attached hydrogens (primary N) is 1. The number of nitrogen functional groups attached to an aromatic ring is 1. The summed E-state index contributed by atoms with van der Waals surface area (Å²) in [6.45, 7) is 7.03. The molecule has 1 rings (SSSR count). The second kappa shape index (κ2) is 5.83. The summed E-state index contributed by atoms with van der Waals surface area (Å²) in [5.74, 6) is -0.492. The van der Waals surface area contributed by atoms with Crippen molar-refractivity contribution in [2.24, 2.45) is 0 Å². The first kappa shape index (κ1) is 16.5. The van der Waals surface area contributed by atoms with Gasteiger partial charge in [-0.25, -0.2) is 8.42 Å². The number of hydrogen-bond acceptors (Lipinski definition) is 4. The number of nitrogens with one attached hydrogen (secondary N) is 1. The molecule has 1 aromatic carbocycles. The molecule has 0 radical (unpaired) electrons. The molecule has 112 valence electrons. The minimum absolute atomic E-state index is 0.101. The van der Waals surface area contributed by atoms with Crippen molar-refractivity contribution in [3.63, 3.8) is 0 Å². The van der Waals surface area contributed by atoms with Gasteiger partial charge in [0.05, 0.1) is 4.90 Å². The van der Waals surface area contributed by atoms with Crippen LogP contribution in [0.15, 0.2) is 29.2 Å². The maximum absolute atomic E-state index is 12.4. The molecule has 0 aliphatic carbocycles. The highest BCUT2D eigenvalue weighted by Gasteiger charge is 2.32. The van der Waals surface area contributed by atoms with Gasteiger partial charge in [-0.15, -0.1) is 0 Å². The zero-order valence-electron chi connectivity index (χ0n) is 12.3. The molecule has 1 unspecified atom stereocenters. The molecule has 0 saturated carbocycles. The Morgan fingerprint density at radius 3 is 2.25 bits per heavy atom. The Morgan fingerprint density at radius 1 is 1.30 bits per heavy atom. The van der Waals surface area contributed by atoms with Gasteiger partial charge in [0, 0.05) is 11.2 Å². The lowest BCUT2D eigenvalue weighted by Gasteiger charge is -2.26. The van der Waals surface area contributed by atoms with Crippen molar-refractivity contribution in [1.29, 1.82) is 0 Å². The number of sulfone groups is 1. The third-order valence-electron chi connectivity index (χ3n) is 3.39. The number of amides is 1. The fourth-order valence-corrected chi connectivity index (χ4v) is 2.79. The first-order valence-electron chi connectivity index (χ1n) is 6.51. The molecule has 20 heavy (non-hydrogen) atoms. The Labute approximate surface area is 120 Å². The maximum Gasteiger partial charge on any atom is 0.238 e. The molecule has 0 aliphatic heterocycles. The van der Waals surface area contributed by atoms with Crippen molar-refractivity contribution in [2.45, 2.75) is 49.8 Å². The minimum atomic E-state index is -3.70. The molecule has 0 bridgehead atoms. The van der Waals surface area contributed by atoms with Crippen molar-refractivity contribution in [1.82, 2.24) is 5.32 Å². The van der Waals surface area contributed by atoms with Gasteiger partial charge >= 0.3 is 0 Å². The van der Waals surface area contributed by atoms with E-state index in [0.717, 1.165) is 0 Å². The number of hydrogen-bond donors (Lipinski definition) is 2. The molecule has 0 aliphatic rings. The zero-order chi connectivity index (χ0) is 15.6. The molecule has 0 spiro atoms. The van der Waals surface area contributed by atoms with E-state index in [-0.39, 0.29) is 4.90 Å². The summed E-state index contributed by atoms with van der Waals surface area (Å²) in [6, 6.07) is 5.85. The first-order chi connectivity index (χ1) is 9.10. The number of benzene rings is 1. The minimum Gasteiger partial charge on any atom is -0.399 e. The maximum atomic E-state index is 12.4.